The summed E-state index contributed by atoms with van der Waals surface area (Å²) in [7, 11) is 0. The second-order valence-electron chi connectivity index (χ2n) is 5.13. The fourth-order valence-corrected chi connectivity index (χ4v) is 1.46. The van der Waals surface area contributed by atoms with Crippen molar-refractivity contribution in [2.24, 2.45) is 0 Å². The van der Waals surface area contributed by atoms with Crippen molar-refractivity contribution in [2.75, 3.05) is 5.32 Å². The molecule has 0 aliphatic heterocycles. The topological polar surface area (TPSA) is 82.0 Å². The third-order valence-corrected chi connectivity index (χ3v) is 2.17. The van der Waals surface area contributed by atoms with Gasteiger partial charge in [-0.25, -0.2) is 0 Å². The van der Waals surface area contributed by atoms with Gasteiger partial charge in [0.2, 0.25) is 5.91 Å². The highest BCUT2D eigenvalue weighted by atomic mass is 16.2. The first-order valence-corrected chi connectivity index (χ1v) is 5.92. The maximum Gasteiger partial charge on any atom is 0.253 e. The number of anilines is 1. The predicted octanol–water partition coefficient (Wildman–Crippen LogP) is 2.07. The number of carbonyl (C=O) groups excluding carboxylic acids is 2. The summed E-state index contributed by atoms with van der Waals surface area (Å²) in [5, 5.41) is 13.8. The third-order valence-electron chi connectivity index (χ3n) is 2.17. The van der Waals surface area contributed by atoms with Crippen LogP contribution in [0.1, 0.15) is 37.6 Å². The zero-order valence-corrected chi connectivity index (χ0v) is 11.3. The summed E-state index contributed by atoms with van der Waals surface area (Å²) in [5.41, 5.74) is 0.425. The van der Waals surface area contributed by atoms with Gasteiger partial charge in [-0.15, -0.1) is 0 Å². The smallest absolute Gasteiger partial charge is 0.253 e. The van der Waals surface area contributed by atoms with Crippen LogP contribution in [0.5, 0.6) is 0 Å². The van der Waals surface area contributed by atoms with Crippen molar-refractivity contribution in [3.05, 3.63) is 29.8 Å². The fourth-order valence-electron chi connectivity index (χ4n) is 1.46. The summed E-state index contributed by atoms with van der Waals surface area (Å²) >= 11 is 0. The third kappa shape index (κ3) is 4.80. The molecule has 0 unspecified atom stereocenters. The van der Waals surface area contributed by atoms with Crippen molar-refractivity contribution in [3.8, 4) is 6.07 Å². The molecule has 0 heterocycles. The largest absolute Gasteiger partial charge is 0.347 e. The van der Waals surface area contributed by atoms with Crippen LogP contribution >= 0.6 is 0 Å². The molecule has 2 amide bonds. The number of nitriles is 1. The molecule has 100 valence electrons. The van der Waals surface area contributed by atoms with Gasteiger partial charge in [0.1, 0.15) is 6.42 Å². The van der Waals surface area contributed by atoms with Crippen LogP contribution in [0.15, 0.2) is 24.3 Å². The molecule has 5 heteroatoms. The summed E-state index contributed by atoms with van der Waals surface area (Å²) in [6.07, 6.45) is -0.241. The number of rotatable bonds is 3. The molecule has 0 aromatic heterocycles. The Morgan fingerprint density at radius 1 is 1.26 bits per heavy atom. The summed E-state index contributed by atoms with van der Waals surface area (Å²) < 4.78 is 0. The minimum Gasteiger partial charge on any atom is -0.347 e. The van der Waals surface area contributed by atoms with Crippen LogP contribution in [0.25, 0.3) is 0 Å². The molecule has 1 aromatic carbocycles. The Morgan fingerprint density at radius 3 is 2.47 bits per heavy atom. The summed E-state index contributed by atoms with van der Waals surface area (Å²) in [4.78, 5) is 23.5. The first kappa shape index (κ1) is 14.7. The molecular formula is C14H17N3O2. The van der Waals surface area contributed by atoms with Gasteiger partial charge in [0.05, 0.1) is 17.3 Å². The SMILES string of the molecule is CC(C)(C)NC(=O)c1ccccc1NC(=O)CC#N. The van der Waals surface area contributed by atoms with E-state index in [4.69, 9.17) is 5.26 Å². The zero-order valence-electron chi connectivity index (χ0n) is 11.3. The zero-order chi connectivity index (χ0) is 14.5. The standard InChI is InChI=1S/C14H17N3O2/c1-14(2,3)17-13(19)10-6-4-5-7-11(10)16-12(18)8-9-15/h4-7H,8H2,1-3H3,(H,16,18)(H,17,19). The number of carbonyl (C=O) groups is 2. The molecule has 0 bridgehead atoms. The lowest BCUT2D eigenvalue weighted by Crippen LogP contribution is -2.40. The van der Waals surface area contributed by atoms with E-state index in [0.717, 1.165) is 0 Å². The lowest BCUT2D eigenvalue weighted by atomic mass is 10.1. The highest BCUT2D eigenvalue weighted by molar-refractivity contribution is 6.04. The number of para-hydroxylation sites is 1. The average Bonchev–Trinajstić information content (AvgIpc) is 2.27. The number of hydrogen-bond acceptors (Lipinski definition) is 3. The fraction of sp³-hybridized carbons (Fsp3) is 0.357. The van der Waals surface area contributed by atoms with Gasteiger partial charge in [0, 0.05) is 5.54 Å². The summed E-state index contributed by atoms with van der Waals surface area (Å²) in [5.74, 6) is -0.695. The monoisotopic (exact) mass is 259 g/mol. The van der Waals surface area contributed by atoms with E-state index >= 15 is 0 Å². The van der Waals surface area contributed by atoms with E-state index in [2.05, 4.69) is 10.6 Å². The van der Waals surface area contributed by atoms with E-state index in [1.165, 1.54) is 0 Å². The van der Waals surface area contributed by atoms with Gasteiger partial charge in [-0.2, -0.15) is 5.26 Å². The van der Waals surface area contributed by atoms with Crippen molar-refractivity contribution in [1.82, 2.24) is 5.32 Å². The van der Waals surface area contributed by atoms with Crippen molar-refractivity contribution in [2.45, 2.75) is 32.7 Å². The number of nitrogens with one attached hydrogen (secondary N) is 2. The lowest BCUT2D eigenvalue weighted by molar-refractivity contribution is -0.115. The first-order chi connectivity index (χ1) is 8.83. The molecule has 0 atom stereocenters. The number of nitrogens with zero attached hydrogens (tertiary/aromatic N) is 1. The normalized spacial score (nSPS) is 10.4. The molecule has 1 aromatic rings. The van der Waals surface area contributed by atoms with Crippen LogP contribution in [0.3, 0.4) is 0 Å². The van der Waals surface area contributed by atoms with E-state index in [0.29, 0.717) is 11.3 Å². The number of hydrogen-bond donors (Lipinski definition) is 2. The Morgan fingerprint density at radius 2 is 1.89 bits per heavy atom. The van der Waals surface area contributed by atoms with Gasteiger partial charge in [0.25, 0.3) is 5.91 Å². The van der Waals surface area contributed by atoms with Gasteiger partial charge in [-0.1, -0.05) is 12.1 Å². The Bertz CT molecular complexity index is 524. The van der Waals surface area contributed by atoms with Crippen molar-refractivity contribution in [3.63, 3.8) is 0 Å². The van der Waals surface area contributed by atoms with Crippen LogP contribution in [0, 0.1) is 11.3 Å². The molecule has 0 aliphatic carbocycles. The molecule has 1 rings (SSSR count). The number of amides is 2. The van der Waals surface area contributed by atoms with Crippen LogP contribution < -0.4 is 10.6 Å². The molecule has 0 radical (unpaired) electrons. The highest BCUT2D eigenvalue weighted by Gasteiger charge is 2.18. The molecule has 19 heavy (non-hydrogen) atoms. The Hall–Kier alpha value is -2.35. The molecule has 0 saturated carbocycles. The van der Waals surface area contributed by atoms with E-state index in [9.17, 15) is 9.59 Å². The minimum absolute atomic E-state index is 0.241. The van der Waals surface area contributed by atoms with E-state index in [-0.39, 0.29) is 17.9 Å². The Kier molecular flexibility index (Phi) is 4.65. The maximum absolute atomic E-state index is 12.1. The van der Waals surface area contributed by atoms with Crippen LogP contribution in [-0.4, -0.2) is 17.4 Å². The van der Waals surface area contributed by atoms with Gasteiger partial charge in [-0.05, 0) is 32.9 Å². The first-order valence-electron chi connectivity index (χ1n) is 5.92. The molecule has 0 saturated heterocycles. The molecule has 0 aliphatic rings. The molecule has 2 N–H and O–H groups in total. The minimum atomic E-state index is -0.432. The molecule has 5 nitrogen and oxygen atoms in total. The van der Waals surface area contributed by atoms with Gasteiger partial charge >= 0.3 is 0 Å². The summed E-state index contributed by atoms with van der Waals surface area (Å²) in [6.45, 7) is 5.63. The van der Waals surface area contributed by atoms with Crippen molar-refractivity contribution >= 4 is 17.5 Å². The van der Waals surface area contributed by atoms with Crippen LogP contribution in [-0.2, 0) is 4.79 Å². The van der Waals surface area contributed by atoms with E-state index in [1.54, 1.807) is 30.3 Å². The van der Waals surface area contributed by atoms with Gasteiger partial charge in [0.15, 0.2) is 0 Å². The van der Waals surface area contributed by atoms with Gasteiger partial charge in [-0.3, -0.25) is 9.59 Å². The Labute approximate surface area is 112 Å². The lowest BCUT2D eigenvalue weighted by Gasteiger charge is -2.21. The van der Waals surface area contributed by atoms with Crippen LogP contribution in [0.2, 0.25) is 0 Å². The molecule has 0 fully saturated rings. The highest BCUT2D eigenvalue weighted by Crippen LogP contribution is 2.16. The van der Waals surface area contributed by atoms with E-state index in [1.807, 2.05) is 20.8 Å². The predicted molar refractivity (Wildman–Crippen MR) is 72.5 cm³/mol. The van der Waals surface area contributed by atoms with Crippen molar-refractivity contribution in [1.29, 1.82) is 5.26 Å². The second-order valence-corrected chi connectivity index (χ2v) is 5.13. The number of benzene rings is 1. The Balaban J connectivity index is 2.93. The second kappa shape index (κ2) is 6.01. The average molecular weight is 259 g/mol. The maximum atomic E-state index is 12.1. The quantitative estimate of drug-likeness (QED) is 0.871. The summed E-state index contributed by atoms with van der Waals surface area (Å²) in [6, 6.07) is 8.46. The van der Waals surface area contributed by atoms with Crippen molar-refractivity contribution < 1.29 is 9.59 Å². The van der Waals surface area contributed by atoms with Gasteiger partial charge < -0.3 is 10.6 Å². The molecular weight excluding hydrogens is 242 g/mol. The van der Waals surface area contributed by atoms with E-state index < -0.39 is 5.91 Å². The molecule has 0 spiro atoms. The van der Waals surface area contributed by atoms with Crippen LogP contribution in [0.4, 0.5) is 5.69 Å².